The Morgan fingerprint density at radius 3 is 1.85 bits per heavy atom. The predicted molar refractivity (Wildman–Crippen MR) is 257 cm³/mol. The van der Waals surface area contributed by atoms with Gasteiger partial charge in [0.2, 0.25) is 5.78 Å². The van der Waals surface area contributed by atoms with Crippen molar-refractivity contribution in [2.24, 2.45) is 11.8 Å². The molecule has 0 spiro atoms. The summed E-state index contributed by atoms with van der Waals surface area (Å²) in [6, 6.07) is 61.9. The van der Waals surface area contributed by atoms with Gasteiger partial charge in [-0.05, 0) is 86.2 Å². The first-order valence-corrected chi connectivity index (χ1v) is 25.3. The van der Waals surface area contributed by atoms with Gasteiger partial charge in [0.1, 0.15) is 11.5 Å². The molecule has 0 unspecified atom stereocenters. The van der Waals surface area contributed by atoms with Crippen LogP contribution in [0.25, 0.3) is 33.5 Å². The summed E-state index contributed by atoms with van der Waals surface area (Å²) in [5.41, 5.74) is 6.43. The van der Waals surface area contributed by atoms with Gasteiger partial charge in [0, 0.05) is 34.1 Å². The van der Waals surface area contributed by atoms with Gasteiger partial charge < -0.3 is 4.74 Å². The van der Waals surface area contributed by atoms with E-state index in [-0.39, 0.29) is 11.8 Å². The van der Waals surface area contributed by atoms with Crippen molar-refractivity contribution in [3.63, 3.8) is 0 Å². The van der Waals surface area contributed by atoms with E-state index in [2.05, 4.69) is 176 Å². The van der Waals surface area contributed by atoms with Gasteiger partial charge in [-0.15, -0.1) is 0 Å². The minimum atomic E-state index is -4.04. The Morgan fingerprint density at radius 1 is 0.593 bits per heavy atom. The van der Waals surface area contributed by atoms with Gasteiger partial charge in [-0.1, -0.05) is 173 Å². The van der Waals surface area contributed by atoms with E-state index >= 15 is 0 Å². The monoisotopic (exact) mass is 821 g/mol. The van der Waals surface area contributed by atoms with Gasteiger partial charge >= 0.3 is 0 Å². The molecule has 1 aliphatic heterocycles. The van der Waals surface area contributed by atoms with Gasteiger partial charge in [0.15, 0.2) is 8.07 Å². The van der Waals surface area contributed by atoms with Crippen LogP contribution in [0.4, 0.5) is 0 Å². The van der Waals surface area contributed by atoms with Gasteiger partial charge in [0.25, 0.3) is 0 Å². The lowest BCUT2D eigenvalue weighted by Crippen LogP contribution is -2.75. The van der Waals surface area contributed by atoms with Crippen LogP contribution in [0.3, 0.4) is 0 Å². The van der Waals surface area contributed by atoms with Crippen LogP contribution in [0.5, 0.6) is 11.5 Å². The van der Waals surface area contributed by atoms with E-state index in [9.17, 15) is 4.94 Å². The minimum Gasteiger partial charge on any atom is -0.457 e. The third-order valence-corrected chi connectivity index (χ3v) is 22.0. The zero-order valence-corrected chi connectivity index (χ0v) is 37.1. The molecule has 0 aliphatic carbocycles. The predicted octanol–water partition coefficient (Wildman–Crippen LogP) is 8.60. The SMILES string of the molecule is [2H][Si]([2H])(CC(C)C)C1([Si]([2H])([2H])CC(C)C)c2ccccc2Oc2c1cccc2[Si](c1ccccc1)(c1ccccc1)c1cccc(-n2c3ccccc3n3c4ccccc4nc23)c1. The van der Waals surface area contributed by atoms with Gasteiger partial charge in [-0.3, -0.25) is 8.97 Å². The van der Waals surface area contributed by atoms with Gasteiger partial charge in [-0.25, -0.2) is 4.98 Å². The summed E-state index contributed by atoms with van der Waals surface area (Å²) in [5, 5.41) is 4.39. The average molecular weight is 822 g/mol. The molecule has 9 aromatic rings. The summed E-state index contributed by atoms with van der Waals surface area (Å²) < 4.78 is 52.0. The molecule has 0 bridgehead atoms. The fourth-order valence-corrected chi connectivity index (χ4v) is 18.4. The first kappa shape index (κ1) is 33.1. The lowest BCUT2D eigenvalue weighted by molar-refractivity contribution is 0.454. The second-order valence-electron chi connectivity index (χ2n) is 16.7. The number of benzene rings is 7. The Labute approximate surface area is 358 Å². The van der Waals surface area contributed by atoms with E-state index in [1.54, 1.807) is 0 Å². The molecule has 1 aliphatic rings. The van der Waals surface area contributed by atoms with E-state index in [1.165, 1.54) is 0 Å². The molecular formula is C52H51N3OSi3. The number of aromatic nitrogens is 3. The number of nitrogens with zero attached hydrogens (tertiary/aromatic N) is 3. The molecule has 292 valence electrons. The quantitative estimate of drug-likeness (QED) is 0.0968. The van der Waals surface area contributed by atoms with E-state index < -0.39 is 31.5 Å². The van der Waals surface area contributed by atoms with Crippen LogP contribution in [0.2, 0.25) is 12.1 Å². The van der Waals surface area contributed by atoms with Crippen LogP contribution in [0, 0.1) is 11.8 Å². The van der Waals surface area contributed by atoms with E-state index in [0.29, 0.717) is 34.7 Å². The third-order valence-electron chi connectivity index (χ3n) is 11.9. The lowest BCUT2D eigenvalue weighted by atomic mass is 9.98. The smallest absolute Gasteiger partial charge is 0.220 e. The second-order valence-corrected chi connectivity index (χ2v) is 24.0. The number of hydrogen-bond acceptors (Lipinski definition) is 2. The fourth-order valence-electron chi connectivity index (χ4n) is 9.34. The van der Waals surface area contributed by atoms with Crippen LogP contribution in [-0.2, 0) is 4.66 Å². The Hall–Kier alpha value is -5.74. The molecule has 0 saturated heterocycles. The number of hydrogen-bond donors (Lipinski definition) is 0. The molecular weight excluding hydrogens is 767 g/mol. The Kier molecular flexibility index (Phi) is 8.50. The average Bonchev–Trinajstić information content (AvgIpc) is 3.80. The number of rotatable bonds is 11. The number of para-hydroxylation sites is 6. The minimum absolute atomic E-state index is 0.0442. The van der Waals surface area contributed by atoms with Gasteiger partial charge in [0.05, 0.1) is 22.1 Å². The highest BCUT2D eigenvalue weighted by molar-refractivity contribution is 7.20. The summed E-state index contributed by atoms with van der Waals surface area (Å²) >= 11 is 0. The first-order valence-electron chi connectivity index (χ1n) is 22.9. The fraction of sp³-hybridized carbons (Fsp3) is 0.173. The summed E-state index contributed by atoms with van der Waals surface area (Å²) in [6.07, 6.45) is 0. The van der Waals surface area contributed by atoms with Crippen molar-refractivity contribution in [3.8, 4) is 17.2 Å². The Balaban J connectivity index is 1.34. The summed E-state index contributed by atoms with van der Waals surface area (Å²) in [6.45, 7) is 8.29. The highest BCUT2D eigenvalue weighted by atomic mass is 28.3. The Morgan fingerprint density at radius 2 is 1.15 bits per heavy atom. The molecule has 7 aromatic carbocycles. The molecule has 0 fully saturated rings. The molecule has 0 amide bonds. The van der Waals surface area contributed by atoms with E-state index in [1.807, 2.05) is 36.4 Å². The molecule has 3 heterocycles. The van der Waals surface area contributed by atoms with Gasteiger partial charge in [-0.2, -0.15) is 0 Å². The molecule has 59 heavy (non-hydrogen) atoms. The zero-order valence-electron chi connectivity index (χ0n) is 38.1. The van der Waals surface area contributed by atoms with Crippen LogP contribution < -0.4 is 25.5 Å². The van der Waals surface area contributed by atoms with Crippen molar-refractivity contribution in [1.29, 1.82) is 4.94 Å². The van der Waals surface area contributed by atoms with Crippen molar-refractivity contribution in [2.75, 3.05) is 0 Å². The molecule has 0 radical (unpaired) electrons. The van der Waals surface area contributed by atoms with Crippen molar-refractivity contribution < 1.29 is 4.74 Å². The number of fused-ring (bicyclic) bond motifs is 7. The van der Waals surface area contributed by atoms with Crippen LogP contribution in [-0.4, -0.2) is 45.7 Å². The van der Waals surface area contributed by atoms with Crippen LogP contribution >= 0.6 is 0 Å². The summed E-state index contributed by atoms with van der Waals surface area (Å²) in [5.74, 6) is 2.08. The maximum Gasteiger partial charge on any atom is 0.220 e. The molecule has 4 nitrogen and oxygen atoms in total. The van der Waals surface area contributed by atoms with Crippen LogP contribution in [0.1, 0.15) is 38.8 Å². The topological polar surface area (TPSA) is 31.5 Å². The Bertz CT molecular complexity index is 3090. The molecule has 0 N–H and O–H groups in total. The van der Waals surface area contributed by atoms with Crippen LogP contribution in [0.15, 0.2) is 176 Å². The maximum absolute atomic E-state index is 10.4. The molecule has 0 saturated carbocycles. The summed E-state index contributed by atoms with van der Waals surface area (Å²) in [4.78, 5) is 5.23. The van der Waals surface area contributed by atoms with Crippen molar-refractivity contribution in [1.82, 2.24) is 14.0 Å². The lowest BCUT2D eigenvalue weighted by Gasteiger charge is -2.44. The second kappa shape index (κ2) is 15.1. The molecule has 0 atom stereocenters. The third kappa shape index (κ3) is 6.09. The van der Waals surface area contributed by atoms with Crippen molar-refractivity contribution in [3.05, 3.63) is 187 Å². The molecule has 2 aromatic heterocycles. The number of imidazole rings is 2. The van der Waals surface area contributed by atoms with E-state index in [0.717, 1.165) is 54.3 Å². The largest absolute Gasteiger partial charge is 0.457 e. The standard InChI is InChI=1S/C52H51N3OSi3/c1-36(2)34-57-52(58-35-37(3)4)42-25-11-16-31-48(42)56-50-43(52)26-18-32-49(50)59(39-20-7-5-8-21-39,40-22-9-6-10-23-40)41-24-17-19-38(33-41)54-46-29-14-15-30-47(46)55-45-28-13-12-27-44(45)53-51(54)55/h5-33,36-37H,34-35,57-58H2,1-4H3/i57D2,58D2. The van der Waals surface area contributed by atoms with Crippen molar-refractivity contribution in [2.45, 2.75) is 44.4 Å². The highest BCUT2D eigenvalue weighted by Crippen LogP contribution is 2.48. The van der Waals surface area contributed by atoms with Crippen molar-refractivity contribution >= 4 is 75.4 Å². The zero-order chi connectivity index (χ0) is 43.7. The molecule has 7 heteroatoms. The molecule has 10 rings (SSSR count). The summed E-state index contributed by atoms with van der Waals surface area (Å²) in [7, 11) is -11.5. The normalized spacial score (nSPS) is 15.1. The number of ether oxygens (including phenoxy) is 1. The van der Waals surface area contributed by atoms with E-state index in [4.69, 9.17) is 9.72 Å². The highest BCUT2D eigenvalue weighted by Gasteiger charge is 2.49. The maximum atomic E-state index is 10.4. The first-order chi connectivity index (χ1) is 30.4.